The second-order valence-electron chi connectivity index (χ2n) is 5.71. The van der Waals surface area contributed by atoms with E-state index in [1.165, 1.54) is 6.07 Å². The molecule has 138 valence electrons. The zero-order valence-electron chi connectivity index (χ0n) is 14.5. The van der Waals surface area contributed by atoms with Gasteiger partial charge in [-0.25, -0.2) is 8.78 Å². The highest BCUT2D eigenvalue weighted by Crippen LogP contribution is 2.19. The highest BCUT2D eigenvalue weighted by molar-refractivity contribution is 5.92. The van der Waals surface area contributed by atoms with Crippen LogP contribution >= 0.6 is 0 Å². The lowest BCUT2D eigenvalue weighted by Gasteiger charge is -2.10. The van der Waals surface area contributed by atoms with E-state index >= 15 is 0 Å². The van der Waals surface area contributed by atoms with Crippen molar-refractivity contribution in [3.8, 4) is 5.75 Å². The summed E-state index contributed by atoms with van der Waals surface area (Å²) in [5, 5.41) is 2.31. The molecule has 1 amide bonds. The van der Waals surface area contributed by atoms with Crippen LogP contribution in [0.5, 0.6) is 5.75 Å². The van der Waals surface area contributed by atoms with E-state index in [1.807, 2.05) is 32.0 Å². The monoisotopic (exact) mass is 363 g/mol. The van der Waals surface area contributed by atoms with Gasteiger partial charge in [0.1, 0.15) is 5.75 Å². The Morgan fingerprint density at radius 1 is 1.04 bits per heavy atom. The molecule has 0 aliphatic rings. The first-order valence-electron chi connectivity index (χ1n) is 7.95. The van der Waals surface area contributed by atoms with E-state index in [4.69, 9.17) is 9.47 Å². The largest absolute Gasteiger partial charge is 0.493 e. The molecule has 0 aliphatic carbocycles. The molecule has 0 bridgehead atoms. The van der Waals surface area contributed by atoms with Gasteiger partial charge in [0.15, 0.2) is 18.2 Å². The van der Waals surface area contributed by atoms with Crippen molar-refractivity contribution in [2.24, 2.45) is 0 Å². The van der Waals surface area contributed by atoms with Crippen LogP contribution in [0.25, 0.3) is 0 Å². The number of hydrogen-bond acceptors (Lipinski definition) is 4. The number of hydrogen-bond donors (Lipinski definition) is 1. The zero-order valence-corrected chi connectivity index (χ0v) is 14.5. The molecule has 0 fully saturated rings. The van der Waals surface area contributed by atoms with Gasteiger partial charge in [0.2, 0.25) is 0 Å². The van der Waals surface area contributed by atoms with Crippen molar-refractivity contribution >= 4 is 17.6 Å². The molecule has 0 heterocycles. The minimum absolute atomic E-state index is 0.0220. The summed E-state index contributed by atoms with van der Waals surface area (Å²) in [6.07, 6.45) is -0.0220. The van der Waals surface area contributed by atoms with Gasteiger partial charge in [-0.15, -0.1) is 0 Å². The Balaban J connectivity index is 1.71. The lowest BCUT2D eigenvalue weighted by molar-refractivity contribution is -0.147. The second kappa shape index (κ2) is 8.94. The molecular weight excluding hydrogens is 344 g/mol. The number of esters is 1. The maximum atomic E-state index is 13.1. The molecule has 1 N–H and O–H groups in total. The smallest absolute Gasteiger partial charge is 0.309 e. The molecule has 5 nitrogen and oxygen atoms in total. The van der Waals surface area contributed by atoms with Crippen LogP contribution in [0.2, 0.25) is 0 Å². The van der Waals surface area contributed by atoms with Gasteiger partial charge in [-0.1, -0.05) is 12.1 Å². The van der Waals surface area contributed by atoms with E-state index in [0.29, 0.717) is 5.75 Å². The number of amides is 1. The van der Waals surface area contributed by atoms with Gasteiger partial charge < -0.3 is 14.8 Å². The quantitative estimate of drug-likeness (QED) is 0.765. The second-order valence-corrected chi connectivity index (χ2v) is 5.71. The van der Waals surface area contributed by atoms with E-state index in [0.717, 1.165) is 23.3 Å². The number of nitrogens with one attached hydrogen (secondary N) is 1. The minimum Gasteiger partial charge on any atom is -0.493 e. The van der Waals surface area contributed by atoms with Crippen molar-refractivity contribution in [3.05, 3.63) is 59.2 Å². The Bertz CT molecular complexity index is 808. The molecule has 2 aromatic carbocycles. The maximum Gasteiger partial charge on any atom is 0.309 e. The van der Waals surface area contributed by atoms with Crippen LogP contribution in [0.4, 0.5) is 14.5 Å². The first-order chi connectivity index (χ1) is 12.3. The third kappa shape index (κ3) is 5.84. The first-order valence-corrected chi connectivity index (χ1v) is 7.95. The van der Waals surface area contributed by atoms with Crippen molar-refractivity contribution < 1.29 is 27.8 Å². The van der Waals surface area contributed by atoms with Crippen molar-refractivity contribution in [1.82, 2.24) is 0 Å². The van der Waals surface area contributed by atoms with E-state index in [1.54, 1.807) is 0 Å². The molecule has 26 heavy (non-hydrogen) atoms. The topological polar surface area (TPSA) is 64.6 Å². The summed E-state index contributed by atoms with van der Waals surface area (Å²) in [4.78, 5) is 23.3. The molecule has 7 heteroatoms. The summed E-state index contributed by atoms with van der Waals surface area (Å²) in [5.74, 6) is -2.66. The van der Waals surface area contributed by atoms with E-state index in [-0.39, 0.29) is 18.7 Å². The summed E-state index contributed by atoms with van der Waals surface area (Å²) in [5.41, 5.74) is 2.07. The molecule has 2 aromatic rings. The van der Waals surface area contributed by atoms with Crippen LogP contribution in [0.15, 0.2) is 36.4 Å². The number of anilines is 1. The summed E-state index contributed by atoms with van der Waals surface area (Å²) in [7, 11) is 0. The standard InChI is InChI=1S/C19H19F2NO4/c1-12-3-4-13(2)17(9-12)25-8-7-19(24)26-11-18(23)22-14-5-6-15(20)16(21)10-14/h3-6,9-10H,7-8,11H2,1-2H3,(H,22,23). The van der Waals surface area contributed by atoms with E-state index < -0.39 is 30.1 Å². The molecule has 0 atom stereocenters. The fourth-order valence-corrected chi connectivity index (χ4v) is 2.10. The number of ether oxygens (including phenoxy) is 2. The molecular formula is C19H19F2NO4. The first kappa shape index (κ1) is 19.4. The average molecular weight is 363 g/mol. The van der Waals surface area contributed by atoms with Crippen LogP contribution in [-0.4, -0.2) is 25.1 Å². The summed E-state index contributed by atoms with van der Waals surface area (Å²) < 4.78 is 36.2. The van der Waals surface area contributed by atoms with Crippen molar-refractivity contribution in [1.29, 1.82) is 0 Å². The highest BCUT2D eigenvalue weighted by atomic mass is 19.2. The summed E-state index contributed by atoms with van der Waals surface area (Å²) in [6, 6.07) is 8.69. The Morgan fingerprint density at radius 2 is 1.81 bits per heavy atom. The molecule has 0 unspecified atom stereocenters. The molecule has 0 radical (unpaired) electrons. The SMILES string of the molecule is Cc1ccc(C)c(OCCC(=O)OCC(=O)Nc2ccc(F)c(F)c2)c1. The van der Waals surface area contributed by atoms with Gasteiger partial charge in [0.05, 0.1) is 13.0 Å². The fraction of sp³-hybridized carbons (Fsp3) is 0.263. The molecule has 0 spiro atoms. The average Bonchev–Trinajstić information content (AvgIpc) is 2.59. The van der Waals surface area contributed by atoms with Gasteiger partial charge in [-0.3, -0.25) is 9.59 Å². The van der Waals surface area contributed by atoms with Crippen molar-refractivity contribution in [2.45, 2.75) is 20.3 Å². The van der Waals surface area contributed by atoms with Crippen LogP contribution in [-0.2, 0) is 14.3 Å². The third-order valence-corrected chi connectivity index (χ3v) is 3.48. The summed E-state index contributed by atoms with van der Waals surface area (Å²) >= 11 is 0. The number of aryl methyl sites for hydroxylation is 2. The third-order valence-electron chi connectivity index (χ3n) is 3.48. The number of carbonyl (C=O) groups excluding carboxylic acids is 2. The lowest BCUT2D eigenvalue weighted by atomic mass is 10.1. The Kier molecular flexibility index (Phi) is 6.66. The van der Waals surface area contributed by atoms with Crippen molar-refractivity contribution in [2.75, 3.05) is 18.5 Å². The Hall–Kier alpha value is -2.96. The van der Waals surface area contributed by atoms with Crippen LogP contribution < -0.4 is 10.1 Å². The number of halogens is 2. The van der Waals surface area contributed by atoms with Gasteiger partial charge in [-0.05, 0) is 43.2 Å². The summed E-state index contributed by atoms with van der Waals surface area (Å²) in [6.45, 7) is 3.43. The minimum atomic E-state index is -1.08. The predicted octanol–water partition coefficient (Wildman–Crippen LogP) is 3.53. The Morgan fingerprint density at radius 3 is 2.54 bits per heavy atom. The molecule has 0 saturated carbocycles. The normalized spacial score (nSPS) is 10.3. The highest BCUT2D eigenvalue weighted by Gasteiger charge is 2.10. The van der Waals surface area contributed by atoms with Gasteiger partial charge in [0.25, 0.3) is 5.91 Å². The molecule has 0 aliphatic heterocycles. The van der Waals surface area contributed by atoms with Crippen molar-refractivity contribution in [3.63, 3.8) is 0 Å². The number of benzene rings is 2. The van der Waals surface area contributed by atoms with Gasteiger partial charge in [-0.2, -0.15) is 0 Å². The number of rotatable bonds is 7. The van der Waals surface area contributed by atoms with E-state index in [2.05, 4.69) is 5.32 Å². The zero-order chi connectivity index (χ0) is 19.1. The Labute approximate surface area is 149 Å². The fourth-order valence-electron chi connectivity index (χ4n) is 2.10. The van der Waals surface area contributed by atoms with Crippen LogP contribution in [0.1, 0.15) is 17.5 Å². The predicted molar refractivity (Wildman–Crippen MR) is 92.0 cm³/mol. The maximum absolute atomic E-state index is 13.1. The van der Waals surface area contributed by atoms with Crippen LogP contribution in [0.3, 0.4) is 0 Å². The molecule has 0 aromatic heterocycles. The number of carbonyl (C=O) groups is 2. The van der Waals surface area contributed by atoms with Gasteiger partial charge in [0, 0.05) is 11.8 Å². The molecule has 0 saturated heterocycles. The van der Waals surface area contributed by atoms with E-state index in [9.17, 15) is 18.4 Å². The molecule has 2 rings (SSSR count). The lowest BCUT2D eigenvalue weighted by Crippen LogP contribution is -2.21. The van der Waals surface area contributed by atoms with Gasteiger partial charge >= 0.3 is 5.97 Å². The van der Waals surface area contributed by atoms with Crippen LogP contribution in [0, 0.1) is 25.5 Å².